The summed E-state index contributed by atoms with van der Waals surface area (Å²) in [6.07, 6.45) is -2.85. The molecule has 2 rings (SSSR count). The highest BCUT2D eigenvalue weighted by Gasteiger charge is 2.36. The number of piperidine rings is 1. The van der Waals surface area contributed by atoms with Gasteiger partial charge < -0.3 is 10.6 Å². The molecule has 0 aromatic carbocycles. The van der Waals surface area contributed by atoms with Crippen LogP contribution in [-0.4, -0.2) is 24.1 Å². The van der Waals surface area contributed by atoms with Crippen LogP contribution < -0.4 is 10.6 Å². The van der Waals surface area contributed by atoms with E-state index in [9.17, 15) is 13.2 Å². The molecule has 0 amide bonds. The molecule has 0 saturated carbocycles. The minimum absolute atomic E-state index is 0.0195. The predicted molar refractivity (Wildman–Crippen MR) is 72.8 cm³/mol. The number of rotatable bonds is 1. The Hall–Kier alpha value is -1.01. The normalized spacial score (nSPS) is 22.9. The van der Waals surface area contributed by atoms with Crippen LogP contribution in [0.1, 0.15) is 25.8 Å². The number of aromatic nitrogens is 1. The fourth-order valence-electron chi connectivity index (χ4n) is 2.37. The molecule has 0 bridgehead atoms. The number of nitrogens with zero attached hydrogens (tertiary/aromatic N) is 2. The molecule has 1 aliphatic heterocycles. The standard InChI is InChI=1S/C13H17ClF3N3/c1-12(2)7-20(4-3-10(12)18)11-9(14)5-8(6-19-11)13(15,16)17/h5-6,10H,3-4,7,18H2,1-2H3. The second-order valence-corrected chi connectivity index (χ2v) is 6.24. The number of nitrogens with two attached hydrogens (primary N) is 1. The Bertz CT molecular complexity index is 502. The lowest BCUT2D eigenvalue weighted by molar-refractivity contribution is -0.137. The zero-order valence-electron chi connectivity index (χ0n) is 11.3. The first-order valence-electron chi connectivity index (χ1n) is 6.34. The summed E-state index contributed by atoms with van der Waals surface area (Å²) < 4.78 is 37.8. The third-order valence-electron chi connectivity index (χ3n) is 3.76. The molecular weight excluding hydrogens is 291 g/mol. The van der Waals surface area contributed by atoms with Gasteiger partial charge >= 0.3 is 6.18 Å². The van der Waals surface area contributed by atoms with Crippen LogP contribution >= 0.6 is 11.6 Å². The van der Waals surface area contributed by atoms with Crippen molar-refractivity contribution in [1.82, 2.24) is 4.98 Å². The van der Waals surface area contributed by atoms with Gasteiger partial charge in [0.15, 0.2) is 0 Å². The number of pyridine rings is 1. The number of hydrogen-bond donors (Lipinski definition) is 1. The zero-order valence-corrected chi connectivity index (χ0v) is 12.1. The van der Waals surface area contributed by atoms with Crippen molar-refractivity contribution in [2.45, 2.75) is 32.5 Å². The van der Waals surface area contributed by atoms with Gasteiger partial charge in [-0.25, -0.2) is 4.98 Å². The molecule has 1 aliphatic rings. The van der Waals surface area contributed by atoms with Gasteiger partial charge in [-0.05, 0) is 17.9 Å². The van der Waals surface area contributed by atoms with Crippen molar-refractivity contribution >= 4 is 17.4 Å². The average molecular weight is 308 g/mol. The summed E-state index contributed by atoms with van der Waals surface area (Å²) >= 11 is 5.96. The molecule has 7 heteroatoms. The molecule has 2 heterocycles. The maximum Gasteiger partial charge on any atom is 0.417 e. The van der Waals surface area contributed by atoms with Crippen molar-refractivity contribution in [2.75, 3.05) is 18.0 Å². The average Bonchev–Trinajstić information content (AvgIpc) is 2.31. The van der Waals surface area contributed by atoms with Crippen molar-refractivity contribution in [3.05, 3.63) is 22.8 Å². The van der Waals surface area contributed by atoms with Crippen molar-refractivity contribution in [3.63, 3.8) is 0 Å². The van der Waals surface area contributed by atoms with E-state index in [1.165, 1.54) is 0 Å². The minimum atomic E-state index is -4.43. The Balaban J connectivity index is 2.26. The smallest absolute Gasteiger partial charge is 0.355 e. The molecule has 0 aliphatic carbocycles. The maximum atomic E-state index is 12.6. The molecule has 3 nitrogen and oxygen atoms in total. The third-order valence-corrected chi connectivity index (χ3v) is 4.04. The second-order valence-electron chi connectivity index (χ2n) is 5.83. The fraction of sp³-hybridized carbons (Fsp3) is 0.615. The molecule has 0 radical (unpaired) electrons. The molecule has 1 atom stereocenters. The van der Waals surface area contributed by atoms with Crippen LogP contribution in [0.15, 0.2) is 12.3 Å². The predicted octanol–water partition coefficient (Wildman–Crippen LogP) is 3.32. The maximum absolute atomic E-state index is 12.6. The van der Waals surface area contributed by atoms with Crippen LogP contribution in [-0.2, 0) is 6.18 Å². The van der Waals surface area contributed by atoms with Crippen LogP contribution in [0.25, 0.3) is 0 Å². The molecule has 2 N–H and O–H groups in total. The Morgan fingerprint density at radius 3 is 2.60 bits per heavy atom. The number of halogens is 4. The summed E-state index contributed by atoms with van der Waals surface area (Å²) in [5, 5.41) is 0.0195. The molecule has 20 heavy (non-hydrogen) atoms. The van der Waals surface area contributed by atoms with E-state index in [1.54, 1.807) is 0 Å². The molecule has 0 spiro atoms. The molecule has 1 fully saturated rings. The number of alkyl halides is 3. The lowest BCUT2D eigenvalue weighted by Gasteiger charge is -2.43. The first kappa shape index (κ1) is 15.4. The summed E-state index contributed by atoms with van der Waals surface area (Å²) in [5.74, 6) is 0.389. The highest BCUT2D eigenvalue weighted by atomic mass is 35.5. The van der Waals surface area contributed by atoms with E-state index in [4.69, 9.17) is 17.3 Å². The SMILES string of the molecule is CC1(C)CN(c2ncc(C(F)(F)F)cc2Cl)CCC1N. The van der Waals surface area contributed by atoms with E-state index in [0.717, 1.165) is 18.7 Å². The highest BCUT2D eigenvalue weighted by Crippen LogP contribution is 2.36. The van der Waals surface area contributed by atoms with E-state index < -0.39 is 11.7 Å². The van der Waals surface area contributed by atoms with Crippen molar-refractivity contribution in [3.8, 4) is 0 Å². The Kier molecular flexibility index (Phi) is 3.90. The van der Waals surface area contributed by atoms with E-state index >= 15 is 0 Å². The largest absolute Gasteiger partial charge is 0.417 e. The van der Waals surface area contributed by atoms with Crippen molar-refractivity contribution in [2.24, 2.45) is 11.1 Å². The fourth-order valence-corrected chi connectivity index (χ4v) is 2.66. The summed E-state index contributed by atoms with van der Waals surface area (Å²) in [6.45, 7) is 5.32. The Morgan fingerprint density at radius 2 is 2.10 bits per heavy atom. The van der Waals surface area contributed by atoms with Gasteiger partial charge in [0.1, 0.15) is 5.82 Å². The highest BCUT2D eigenvalue weighted by molar-refractivity contribution is 6.33. The summed E-state index contributed by atoms with van der Waals surface area (Å²) in [7, 11) is 0. The van der Waals surface area contributed by atoms with Crippen LogP contribution in [0.5, 0.6) is 0 Å². The van der Waals surface area contributed by atoms with Gasteiger partial charge in [-0.3, -0.25) is 0 Å². The lowest BCUT2D eigenvalue weighted by Crippen LogP contribution is -2.52. The molecule has 1 saturated heterocycles. The van der Waals surface area contributed by atoms with E-state index in [2.05, 4.69) is 4.98 Å². The van der Waals surface area contributed by atoms with Gasteiger partial charge in [-0.2, -0.15) is 13.2 Å². The van der Waals surface area contributed by atoms with Gasteiger partial charge in [0.25, 0.3) is 0 Å². The second kappa shape index (κ2) is 5.07. The topological polar surface area (TPSA) is 42.2 Å². The lowest BCUT2D eigenvalue weighted by atomic mass is 9.80. The summed E-state index contributed by atoms with van der Waals surface area (Å²) in [5.41, 5.74) is 5.08. The Morgan fingerprint density at radius 1 is 1.45 bits per heavy atom. The quantitative estimate of drug-likeness (QED) is 0.865. The summed E-state index contributed by atoms with van der Waals surface area (Å²) in [6, 6.07) is 0.984. The van der Waals surface area contributed by atoms with E-state index in [1.807, 2.05) is 18.7 Å². The molecule has 112 valence electrons. The molecular formula is C13H17ClF3N3. The number of anilines is 1. The zero-order chi connectivity index (χ0) is 15.1. The van der Waals surface area contributed by atoms with Crippen molar-refractivity contribution in [1.29, 1.82) is 0 Å². The van der Waals surface area contributed by atoms with Crippen molar-refractivity contribution < 1.29 is 13.2 Å². The third kappa shape index (κ3) is 3.01. The molecule has 1 aromatic heterocycles. The molecule has 1 unspecified atom stereocenters. The first-order chi connectivity index (χ1) is 9.11. The summed E-state index contributed by atoms with van der Waals surface area (Å²) in [4.78, 5) is 5.79. The van der Waals surface area contributed by atoms with Crippen LogP contribution in [0.4, 0.5) is 19.0 Å². The van der Waals surface area contributed by atoms with Gasteiger partial charge in [-0.1, -0.05) is 25.4 Å². The van der Waals surface area contributed by atoms with Crippen LogP contribution in [0.3, 0.4) is 0 Å². The first-order valence-corrected chi connectivity index (χ1v) is 6.72. The van der Waals surface area contributed by atoms with Gasteiger partial charge in [-0.15, -0.1) is 0 Å². The molecule has 1 aromatic rings. The van der Waals surface area contributed by atoms with Crippen LogP contribution in [0, 0.1) is 5.41 Å². The monoisotopic (exact) mass is 307 g/mol. The van der Waals surface area contributed by atoms with Gasteiger partial charge in [0, 0.05) is 25.3 Å². The van der Waals surface area contributed by atoms with Gasteiger partial charge in [0.05, 0.1) is 10.6 Å². The van der Waals surface area contributed by atoms with E-state index in [-0.39, 0.29) is 16.5 Å². The number of hydrogen-bond acceptors (Lipinski definition) is 3. The minimum Gasteiger partial charge on any atom is -0.355 e. The van der Waals surface area contributed by atoms with Crippen LogP contribution in [0.2, 0.25) is 5.02 Å². The van der Waals surface area contributed by atoms with E-state index in [0.29, 0.717) is 18.9 Å². The van der Waals surface area contributed by atoms with Gasteiger partial charge in [0.2, 0.25) is 0 Å². The Labute approximate surface area is 120 Å².